The van der Waals surface area contributed by atoms with Crippen LogP contribution in [0.3, 0.4) is 0 Å². The summed E-state index contributed by atoms with van der Waals surface area (Å²) in [5.41, 5.74) is 1.41. The number of nitrogens with one attached hydrogen (secondary N) is 1. The Labute approximate surface area is 118 Å². The van der Waals surface area contributed by atoms with Gasteiger partial charge in [-0.25, -0.2) is 4.79 Å². The van der Waals surface area contributed by atoms with Gasteiger partial charge >= 0.3 is 6.03 Å². The lowest BCUT2D eigenvalue weighted by atomic mass is 9.96. The number of hydrogen-bond donors (Lipinski definition) is 1. The van der Waals surface area contributed by atoms with Crippen molar-refractivity contribution in [1.82, 2.24) is 10.2 Å². The molecule has 1 rings (SSSR count). The van der Waals surface area contributed by atoms with Gasteiger partial charge in [0.1, 0.15) is 0 Å². The Bertz CT molecular complexity index is 270. The fraction of sp³-hybridized carbons (Fsp3) is 0.812. The zero-order valence-electron chi connectivity index (χ0n) is 12.7. The lowest BCUT2D eigenvalue weighted by molar-refractivity contribution is 0.199. The zero-order chi connectivity index (χ0) is 13.9. The number of carbonyl (C=O) groups excluding carboxylic acids is 1. The van der Waals surface area contributed by atoms with Crippen LogP contribution in [0.4, 0.5) is 4.79 Å². The topological polar surface area (TPSA) is 32.3 Å². The highest BCUT2D eigenvalue weighted by Crippen LogP contribution is 2.21. The van der Waals surface area contributed by atoms with Crippen molar-refractivity contribution in [1.29, 1.82) is 0 Å². The van der Waals surface area contributed by atoms with Crippen LogP contribution < -0.4 is 5.32 Å². The summed E-state index contributed by atoms with van der Waals surface area (Å²) in [7, 11) is 0. The number of hydrogen-bond acceptors (Lipinski definition) is 1. The molecule has 0 spiro atoms. The maximum atomic E-state index is 12.2. The third-order valence-electron chi connectivity index (χ3n) is 3.75. The molecular weight excluding hydrogens is 236 g/mol. The molecule has 110 valence electrons. The Kier molecular flexibility index (Phi) is 8.35. The molecule has 0 unspecified atom stereocenters. The summed E-state index contributed by atoms with van der Waals surface area (Å²) >= 11 is 0. The number of allylic oxidation sites excluding steroid dienone is 1. The average molecular weight is 266 g/mol. The largest absolute Gasteiger partial charge is 0.325 e. The lowest BCUT2D eigenvalue weighted by Crippen LogP contribution is -2.39. The standard InChI is InChI=1S/C16H30N2O/c1-3-5-12-18(13-6-4-2)16(19)17-14-15-10-8-7-9-11-15/h14H,3-13H2,1-2H3,(H,17,19). The van der Waals surface area contributed by atoms with Crippen LogP contribution in [0.2, 0.25) is 0 Å². The molecule has 0 saturated heterocycles. The summed E-state index contributed by atoms with van der Waals surface area (Å²) in [6.07, 6.45) is 12.6. The van der Waals surface area contributed by atoms with Crippen LogP contribution in [0.5, 0.6) is 0 Å². The Morgan fingerprint density at radius 3 is 2.21 bits per heavy atom. The molecule has 0 aliphatic heterocycles. The number of rotatable bonds is 7. The predicted octanol–water partition coefficient (Wildman–Crippen LogP) is 4.45. The molecule has 3 nitrogen and oxygen atoms in total. The van der Waals surface area contributed by atoms with E-state index in [1.165, 1.54) is 24.8 Å². The fourth-order valence-electron chi connectivity index (χ4n) is 2.42. The van der Waals surface area contributed by atoms with Crippen molar-refractivity contribution >= 4 is 6.03 Å². The van der Waals surface area contributed by atoms with Crippen LogP contribution in [-0.4, -0.2) is 24.0 Å². The summed E-state index contributed by atoms with van der Waals surface area (Å²) in [6.45, 7) is 6.09. The van der Waals surface area contributed by atoms with E-state index in [9.17, 15) is 4.79 Å². The van der Waals surface area contributed by atoms with Crippen molar-refractivity contribution in [2.24, 2.45) is 0 Å². The molecule has 0 heterocycles. The van der Waals surface area contributed by atoms with Gasteiger partial charge in [0.05, 0.1) is 0 Å². The van der Waals surface area contributed by atoms with Gasteiger partial charge in [-0.15, -0.1) is 0 Å². The van der Waals surface area contributed by atoms with Gasteiger partial charge in [-0.3, -0.25) is 0 Å². The van der Waals surface area contributed by atoms with Gasteiger partial charge in [0, 0.05) is 19.3 Å². The predicted molar refractivity (Wildman–Crippen MR) is 81.1 cm³/mol. The normalized spacial score (nSPS) is 15.2. The van der Waals surface area contributed by atoms with Crippen LogP contribution in [0.15, 0.2) is 11.8 Å². The Morgan fingerprint density at radius 1 is 1.11 bits per heavy atom. The minimum Gasteiger partial charge on any atom is -0.325 e. The van der Waals surface area contributed by atoms with Gasteiger partial charge in [-0.05, 0) is 38.5 Å². The molecule has 1 aliphatic rings. The van der Waals surface area contributed by atoms with E-state index in [0.29, 0.717) is 0 Å². The summed E-state index contributed by atoms with van der Waals surface area (Å²) in [5, 5.41) is 3.00. The van der Waals surface area contributed by atoms with Crippen LogP contribution in [0.25, 0.3) is 0 Å². The van der Waals surface area contributed by atoms with Crippen molar-refractivity contribution in [3.05, 3.63) is 11.8 Å². The molecule has 0 atom stereocenters. The first-order chi connectivity index (χ1) is 9.27. The van der Waals surface area contributed by atoms with Crippen LogP contribution in [0.1, 0.15) is 71.6 Å². The smallest absolute Gasteiger partial charge is 0.321 e. The number of urea groups is 1. The van der Waals surface area contributed by atoms with E-state index in [-0.39, 0.29) is 6.03 Å². The van der Waals surface area contributed by atoms with Crippen molar-refractivity contribution < 1.29 is 4.79 Å². The van der Waals surface area contributed by atoms with Crippen molar-refractivity contribution in [2.45, 2.75) is 71.6 Å². The van der Waals surface area contributed by atoms with Crippen LogP contribution in [-0.2, 0) is 0 Å². The molecule has 1 fully saturated rings. The highest BCUT2D eigenvalue weighted by Gasteiger charge is 2.11. The molecule has 1 saturated carbocycles. The second-order valence-corrected chi connectivity index (χ2v) is 5.51. The maximum absolute atomic E-state index is 12.2. The first-order valence-corrected chi connectivity index (χ1v) is 8.01. The Balaban J connectivity index is 2.40. The molecule has 19 heavy (non-hydrogen) atoms. The second-order valence-electron chi connectivity index (χ2n) is 5.51. The Morgan fingerprint density at radius 2 is 1.68 bits per heavy atom. The molecule has 0 bridgehead atoms. The van der Waals surface area contributed by atoms with Gasteiger partial charge in [-0.1, -0.05) is 38.7 Å². The van der Waals surface area contributed by atoms with Crippen LogP contribution >= 0.6 is 0 Å². The number of amides is 2. The summed E-state index contributed by atoms with van der Waals surface area (Å²) in [5.74, 6) is 0. The number of unbranched alkanes of at least 4 members (excludes halogenated alkanes) is 2. The first kappa shape index (κ1) is 16.1. The molecule has 0 aromatic heterocycles. The highest BCUT2D eigenvalue weighted by atomic mass is 16.2. The van der Waals surface area contributed by atoms with E-state index >= 15 is 0 Å². The summed E-state index contributed by atoms with van der Waals surface area (Å²) in [4.78, 5) is 14.1. The van der Waals surface area contributed by atoms with Gasteiger partial charge < -0.3 is 10.2 Å². The number of nitrogens with zero attached hydrogens (tertiary/aromatic N) is 1. The van der Waals surface area contributed by atoms with Gasteiger partial charge in [-0.2, -0.15) is 0 Å². The average Bonchev–Trinajstić information content (AvgIpc) is 2.46. The minimum atomic E-state index is 0.0833. The monoisotopic (exact) mass is 266 g/mol. The van der Waals surface area contributed by atoms with E-state index in [2.05, 4.69) is 19.2 Å². The third-order valence-corrected chi connectivity index (χ3v) is 3.75. The molecule has 0 radical (unpaired) electrons. The molecule has 0 aromatic carbocycles. The van der Waals surface area contributed by atoms with Crippen molar-refractivity contribution in [3.8, 4) is 0 Å². The first-order valence-electron chi connectivity index (χ1n) is 8.01. The molecule has 1 aliphatic carbocycles. The van der Waals surface area contributed by atoms with E-state index in [1.807, 2.05) is 11.1 Å². The van der Waals surface area contributed by atoms with Gasteiger partial charge in [0.15, 0.2) is 0 Å². The fourth-order valence-corrected chi connectivity index (χ4v) is 2.42. The van der Waals surface area contributed by atoms with E-state index in [0.717, 1.165) is 51.6 Å². The summed E-state index contributed by atoms with van der Waals surface area (Å²) in [6, 6.07) is 0.0833. The van der Waals surface area contributed by atoms with E-state index in [4.69, 9.17) is 0 Å². The SMILES string of the molecule is CCCCN(CCCC)C(=O)NC=C1CCCCC1. The lowest BCUT2D eigenvalue weighted by Gasteiger charge is -2.22. The minimum absolute atomic E-state index is 0.0833. The van der Waals surface area contributed by atoms with Crippen LogP contribution in [0, 0.1) is 0 Å². The highest BCUT2D eigenvalue weighted by molar-refractivity contribution is 5.75. The third kappa shape index (κ3) is 6.65. The molecular formula is C16H30N2O. The number of carbonyl (C=O) groups is 1. The van der Waals surface area contributed by atoms with Crippen molar-refractivity contribution in [3.63, 3.8) is 0 Å². The molecule has 3 heteroatoms. The second kappa shape index (κ2) is 9.88. The molecule has 1 N–H and O–H groups in total. The van der Waals surface area contributed by atoms with E-state index in [1.54, 1.807) is 0 Å². The Hall–Kier alpha value is -0.990. The molecule has 0 aromatic rings. The van der Waals surface area contributed by atoms with Gasteiger partial charge in [0.25, 0.3) is 0 Å². The molecule has 2 amide bonds. The maximum Gasteiger partial charge on any atom is 0.321 e. The summed E-state index contributed by atoms with van der Waals surface area (Å²) < 4.78 is 0. The van der Waals surface area contributed by atoms with Crippen molar-refractivity contribution in [2.75, 3.05) is 13.1 Å². The zero-order valence-corrected chi connectivity index (χ0v) is 12.7. The van der Waals surface area contributed by atoms with Gasteiger partial charge in [0.2, 0.25) is 0 Å². The quantitative estimate of drug-likeness (QED) is 0.725. The van der Waals surface area contributed by atoms with E-state index < -0.39 is 0 Å².